The third-order valence-corrected chi connectivity index (χ3v) is 4.11. The molecule has 0 saturated carbocycles. The third kappa shape index (κ3) is 2.02. The number of fused-ring (bicyclic) bond motifs is 2. The highest BCUT2D eigenvalue weighted by molar-refractivity contribution is 5.20. The molecule has 2 heterocycles. The largest absolute Gasteiger partial charge is 0.372 e. The Kier molecular flexibility index (Phi) is 2.75. The number of hydrogen-bond donors (Lipinski definition) is 0. The summed E-state index contributed by atoms with van der Waals surface area (Å²) in [6.45, 7) is 3.18. The molecule has 0 aromatic carbocycles. The molecule has 3 atom stereocenters. The Labute approximate surface area is 103 Å². The Balaban J connectivity index is 1.93. The van der Waals surface area contributed by atoms with Crippen molar-refractivity contribution in [2.75, 3.05) is 6.61 Å². The van der Waals surface area contributed by atoms with E-state index in [0.29, 0.717) is 5.92 Å². The van der Waals surface area contributed by atoms with Crippen molar-refractivity contribution in [1.82, 2.24) is 0 Å². The Hall–Kier alpha value is -1.15. The molecule has 1 aromatic rings. The van der Waals surface area contributed by atoms with Crippen LogP contribution in [0.3, 0.4) is 0 Å². The van der Waals surface area contributed by atoms with Crippen molar-refractivity contribution >= 4 is 0 Å². The van der Waals surface area contributed by atoms with E-state index < -0.39 is 0 Å². The number of ether oxygens (including phenoxy) is 1. The fraction of sp³-hybridized carbons (Fsp3) is 0.533. The lowest BCUT2D eigenvalue weighted by Crippen LogP contribution is -2.34. The van der Waals surface area contributed by atoms with E-state index in [1.165, 1.54) is 24.0 Å². The van der Waals surface area contributed by atoms with Gasteiger partial charge in [-0.3, -0.25) is 0 Å². The summed E-state index contributed by atoms with van der Waals surface area (Å²) in [6.07, 6.45) is 9.43. The zero-order valence-corrected chi connectivity index (χ0v) is 10.6. The second-order valence-electron chi connectivity index (χ2n) is 5.45. The van der Waals surface area contributed by atoms with Gasteiger partial charge in [0.2, 0.25) is 0 Å². The van der Waals surface area contributed by atoms with Crippen molar-refractivity contribution in [3.8, 4) is 0 Å². The second-order valence-corrected chi connectivity index (χ2v) is 5.45. The molecule has 17 heavy (non-hydrogen) atoms. The molecule has 2 nitrogen and oxygen atoms in total. The highest BCUT2D eigenvalue weighted by Gasteiger charge is 2.36. The van der Waals surface area contributed by atoms with E-state index in [4.69, 9.17) is 4.74 Å². The quantitative estimate of drug-likeness (QED) is 0.534. The summed E-state index contributed by atoms with van der Waals surface area (Å²) in [7, 11) is 2.07. The van der Waals surface area contributed by atoms with Crippen LogP contribution in [0.25, 0.3) is 0 Å². The summed E-state index contributed by atoms with van der Waals surface area (Å²) in [5, 5.41) is 0. The molecule has 2 heteroatoms. The van der Waals surface area contributed by atoms with Crippen molar-refractivity contribution in [3.63, 3.8) is 0 Å². The highest BCUT2D eigenvalue weighted by Crippen LogP contribution is 2.43. The van der Waals surface area contributed by atoms with Gasteiger partial charge < -0.3 is 4.74 Å². The van der Waals surface area contributed by atoms with Crippen molar-refractivity contribution in [2.24, 2.45) is 18.9 Å². The first-order chi connectivity index (χ1) is 8.24. The molecule has 0 radical (unpaired) electrons. The van der Waals surface area contributed by atoms with Crippen LogP contribution in [0.2, 0.25) is 0 Å². The van der Waals surface area contributed by atoms with E-state index >= 15 is 0 Å². The maximum absolute atomic E-state index is 6.10. The van der Waals surface area contributed by atoms with Crippen LogP contribution in [0.4, 0.5) is 0 Å². The fourth-order valence-corrected chi connectivity index (χ4v) is 3.11. The average Bonchev–Trinajstić information content (AvgIpc) is 2.34. The third-order valence-electron chi connectivity index (χ3n) is 4.11. The number of aryl methyl sites for hydroxylation is 1. The van der Waals surface area contributed by atoms with Gasteiger partial charge in [0, 0.05) is 17.5 Å². The lowest BCUT2D eigenvalue weighted by molar-refractivity contribution is -0.672. The Bertz CT molecular complexity index is 452. The Morgan fingerprint density at radius 1 is 1.41 bits per heavy atom. The van der Waals surface area contributed by atoms with Gasteiger partial charge in [-0.2, -0.15) is 0 Å². The smallest absolute Gasteiger partial charge is 0.174 e. The lowest BCUT2D eigenvalue weighted by Gasteiger charge is -2.39. The Morgan fingerprint density at radius 3 is 3.12 bits per heavy atom. The summed E-state index contributed by atoms with van der Waals surface area (Å²) in [6, 6.07) is 4.29. The molecular formula is C15H20NO+. The van der Waals surface area contributed by atoms with Gasteiger partial charge in [-0.1, -0.05) is 11.6 Å². The van der Waals surface area contributed by atoms with Gasteiger partial charge >= 0.3 is 0 Å². The normalized spacial score (nSPS) is 32.1. The summed E-state index contributed by atoms with van der Waals surface area (Å²) in [5.74, 6) is 1.34. The Morgan fingerprint density at radius 2 is 2.29 bits per heavy atom. The van der Waals surface area contributed by atoms with Gasteiger partial charge in [0.25, 0.3) is 0 Å². The number of pyridine rings is 1. The molecule has 1 fully saturated rings. The topological polar surface area (TPSA) is 13.1 Å². The summed E-state index contributed by atoms with van der Waals surface area (Å²) in [4.78, 5) is 0. The summed E-state index contributed by atoms with van der Waals surface area (Å²) >= 11 is 0. The van der Waals surface area contributed by atoms with Crippen LogP contribution in [0.1, 0.15) is 31.4 Å². The first kappa shape index (κ1) is 11.0. The van der Waals surface area contributed by atoms with E-state index in [1.54, 1.807) is 0 Å². The highest BCUT2D eigenvalue weighted by atomic mass is 16.5. The molecule has 1 saturated heterocycles. The van der Waals surface area contributed by atoms with Crippen molar-refractivity contribution < 1.29 is 9.30 Å². The van der Waals surface area contributed by atoms with Crippen LogP contribution in [-0.4, -0.2) is 6.61 Å². The van der Waals surface area contributed by atoms with Crippen molar-refractivity contribution in [1.29, 1.82) is 0 Å². The van der Waals surface area contributed by atoms with E-state index in [1.807, 2.05) is 0 Å². The molecule has 1 aromatic heterocycles. The van der Waals surface area contributed by atoms with Crippen LogP contribution in [-0.2, 0) is 11.8 Å². The zero-order valence-electron chi connectivity index (χ0n) is 10.6. The van der Waals surface area contributed by atoms with Gasteiger partial charge in [0.15, 0.2) is 12.4 Å². The van der Waals surface area contributed by atoms with Gasteiger partial charge in [-0.25, -0.2) is 4.57 Å². The lowest BCUT2D eigenvalue weighted by atomic mass is 9.75. The van der Waals surface area contributed by atoms with Crippen LogP contribution >= 0.6 is 0 Å². The SMILES string of the molecule is CC1=CCC2COC(c3ccc[n+](C)c3)C1C2. The monoisotopic (exact) mass is 230 g/mol. The molecule has 2 aliphatic rings. The fourth-order valence-electron chi connectivity index (χ4n) is 3.11. The second kappa shape index (κ2) is 4.26. The van der Waals surface area contributed by atoms with Crippen LogP contribution in [0, 0.1) is 11.8 Å². The van der Waals surface area contributed by atoms with Gasteiger partial charge in [0.1, 0.15) is 7.05 Å². The van der Waals surface area contributed by atoms with Crippen LogP contribution < -0.4 is 4.57 Å². The molecule has 3 unspecified atom stereocenters. The first-order valence-electron chi connectivity index (χ1n) is 6.47. The molecule has 90 valence electrons. The molecule has 1 aliphatic heterocycles. The standard InChI is InChI=1S/C15H20NO/c1-11-5-6-12-8-14(11)15(17-10-12)13-4-3-7-16(2)9-13/h3-5,7,9,12,14-15H,6,8,10H2,1-2H3/q+1. The minimum atomic E-state index is 0.259. The number of nitrogens with zero attached hydrogens (tertiary/aromatic N) is 1. The number of hydrogen-bond acceptors (Lipinski definition) is 1. The minimum absolute atomic E-state index is 0.259. The van der Waals surface area contributed by atoms with Crippen LogP contribution in [0.15, 0.2) is 36.2 Å². The van der Waals surface area contributed by atoms with Crippen molar-refractivity contribution in [3.05, 3.63) is 41.7 Å². The van der Waals surface area contributed by atoms with E-state index in [2.05, 4.69) is 49.1 Å². The minimum Gasteiger partial charge on any atom is -0.372 e. The zero-order chi connectivity index (χ0) is 11.8. The number of rotatable bonds is 1. The maximum Gasteiger partial charge on any atom is 0.174 e. The molecule has 3 rings (SSSR count). The summed E-state index contributed by atoms with van der Waals surface area (Å²) < 4.78 is 8.21. The molecule has 0 spiro atoms. The van der Waals surface area contributed by atoms with Gasteiger partial charge in [0.05, 0.1) is 12.7 Å². The predicted octanol–water partition coefficient (Wildman–Crippen LogP) is 2.55. The predicted molar refractivity (Wildman–Crippen MR) is 66.3 cm³/mol. The molecule has 1 aliphatic carbocycles. The number of allylic oxidation sites excluding steroid dienone is 1. The molecule has 0 N–H and O–H groups in total. The average molecular weight is 230 g/mol. The maximum atomic E-state index is 6.10. The first-order valence-corrected chi connectivity index (χ1v) is 6.47. The van der Waals surface area contributed by atoms with Crippen LogP contribution in [0.5, 0.6) is 0 Å². The number of aromatic nitrogens is 1. The van der Waals surface area contributed by atoms with Gasteiger partial charge in [-0.05, 0) is 31.7 Å². The van der Waals surface area contributed by atoms with Crippen molar-refractivity contribution in [2.45, 2.75) is 25.9 Å². The molecular weight excluding hydrogens is 210 g/mol. The van der Waals surface area contributed by atoms with E-state index in [0.717, 1.165) is 12.5 Å². The summed E-state index contributed by atoms with van der Waals surface area (Å²) in [5.41, 5.74) is 2.82. The molecule has 2 bridgehead atoms. The van der Waals surface area contributed by atoms with E-state index in [-0.39, 0.29) is 6.10 Å². The van der Waals surface area contributed by atoms with Gasteiger partial charge in [-0.15, -0.1) is 0 Å². The van der Waals surface area contributed by atoms with E-state index in [9.17, 15) is 0 Å². The molecule has 0 amide bonds.